The SMILES string of the molecule is Cc1ccc(C)c(OCC(=O)NC2CCN(C(=O)c3ccncc3)CC2)c1. The molecule has 27 heavy (non-hydrogen) atoms. The number of rotatable bonds is 5. The number of hydrogen-bond donors (Lipinski definition) is 1. The summed E-state index contributed by atoms with van der Waals surface area (Å²) >= 11 is 0. The lowest BCUT2D eigenvalue weighted by atomic mass is 10.0. The van der Waals surface area contributed by atoms with Crippen molar-refractivity contribution < 1.29 is 14.3 Å². The molecule has 0 bridgehead atoms. The van der Waals surface area contributed by atoms with Crippen LogP contribution in [0, 0.1) is 13.8 Å². The van der Waals surface area contributed by atoms with Crippen molar-refractivity contribution in [2.75, 3.05) is 19.7 Å². The molecule has 2 aromatic rings. The van der Waals surface area contributed by atoms with Crippen molar-refractivity contribution in [2.24, 2.45) is 0 Å². The molecule has 6 heteroatoms. The van der Waals surface area contributed by atoms with E-state index in [1.54, 1.807) is 24.5 Å². The quantitative estimate of drug-likeness (QED) is 0.881. The van der Waals surface area contributed by atoms with Gasteiger partial charge in [0.2, 0.25) is 0 Å². The number of ether oxygens (including phenoxy) is 1. The highest BCUT2D eigenvalue weighted by molar-refractivity contribution is 5.94. The summed E-state index contributed by atoms with van der Waals surface area (Å²) in [6.45, 7) is 5.21. The molecule has 1 aromatic carbocycles. The average molecular weight is 367 g/mol. The van der Waals surface area contributed by atoms with Crippen molar-refractivity contribution in [1.29, 1.82) is 0 Å². The second-order valence-corrected chi connectivity index (χ2v) is 6.93. The maximum absolute atomic E-state index is 12.4. The minimum absolute atomic E-state index is 0.000450. The molecule has 0 radical (unpaired) electrons. The van der Waals surface area contributed by atoms with E-state index in [-0.39, 0.29) is 24.5 Å². The van der Waals surface area contributed by atoms with Gasteiger partial charge in [0.1, 0.15) is 5.75 Å². The summed E-state index contributed by atoms with van der Waals surface area (Å²) in [6.07, 6.45) is 4.73. The van der Waals surface area contributed by atoms with Crippen molar-refractivity contribution in [1.82, 2.24) is 15.2 Å². The largest absolute Gasteiger partial charge is 0.483 e. The van der Waals surface area contributed by atoms with Gasteiger partial charge >= 0.3 is 0 Å². The smallest absolute Gasteiger partial charge is 0.258 e. The molecule has 142 valence electrons. The number of carbonyl (C=O) groups excluding carboxylic acids is 2. The number of benzene rings is 1. The number of pyridine rings is 1. The second-order valence-electron chi connectivity index (χ2n) is 6.93. The Balaban J connectivity index is 1.44. The molecule has 1 aromatic heterocycles. The molecule has 1 N–H and O–H groups in total. The van der Waals surface area contributed by atoms with Crippen LogP contribution in [0.2, 0.25) is 0 Å². The topological polar surface area (TPSA) is 71.5 Å². The van der Waals surface area contributed by atoms with Gasteiger partial charge in [-0.1, -0.05) is 12.1 Å². The first-order valence-corrected chi connectivity index (χ1v) is 9.21. The highest BCUT2D eigenvalue weighted by atomic mass is 16.5. The van der Waals surface area contributed by atoms with E-state index in [0.29, 0.717) is 18.7 Å². The summed E-state index contributed by atoms with van der Waals surface area (Å²) in [5.74, 6) is 0.623. The molecule has 0 saturated carbocycles. The van der Waals surface area contributed by atoms with Crippen molar-refractivity contribution in [3.63, 3.8) is 0 Å². The summed E-state index contributed by atoms with van der Waals surface area (Å²) in [6, 6.07) is 9.45. The zero-order valence-corrected chi connectivity index (χ0v) is 15.8. The Bertz CT molecular complexity index is 800. The molecule has 1 aliphatic heterocycles. The molecule has 1 fully saturated rings. The highest BCUT2D eigenvalue weighted by Gasteiger charge is 2.24. The van der Waals surface area contributed by atoms with Crippen LogP contribution in [0.3, 0.4) is 0 Å². The van der Waals surface area contributed by atoms with Gasteiger partial charge in [-0.05, 0) is 56.0 Å². The minimum atomic E-state index is -0.130. The predicted octanol–water partition coefficient (Wildman–Crippen LogP) is 2.50. The van der Waals surface area contributed by atoms with E-state index in [0.717, 1.165) is 29.7 Å². The molecule has 1 aliphatic rings. The molecular weight excluding hydrogens is 342 g/mol. The Morgan fingerprint density at radius 3 is 2.56 bits per heavy atom. The van der Waals surface area contributed by atoms with Crippen molar-refractivity contribution in [3.05, 3.63) is 59.4 Å². The third-order valence-electron chi connectivity index (χ3n) is 4.78. The van der Waals surface area contributed by atoms with E-state index in [1.807, 2.05) is 36.9 Å². The predicted molar refractivity (Wildman–Crippen MR) is 103 cm³/mol. The molecule has 3 rings (SSSR count). The lowest BCUT2D eigenvalue weighted by Crippen LogP contribution is -2.47. The van der Waals surface area contributed by atoms with Crippen LogP contribution in [-0.2, 0) is 4.79 Å². The first-order chi connectivity index (χ1) is 13.0. The number of piperidine rings is 1. The van der Waals surface area contributed by atoms with Gasteiger partial charge in [0, 0.05) is 37.1 Å². The van der Waals surface area contributed by atoms with Crippen molar-refractivity contribution in [3.8, 4) is 5.75 Å². The second kappa shape index (κ2) is 8.66. The molecule has 2 amide bonds. The van der Waals surface area contributed by atoms with Gasteiger partial charge in [0.05, 0.1) is 0 Å². The summed E-state index contributed by atoms with van der Waals surface area (Å²) in [5, 5.41) is 3.01. The van der Waals surface area contributed by atoms with Crippen molar-refractivity contribution >= 4 is 11.8 Å². The summed E-state index contributed by atoms with van der Waals surface area (Å²) in [5.41, 5.74) is 2.76. The van der Waals surface area contributed by atoms with Crippen LogP contribution in [0.5, 0.6) is 5.75 Å². The fourth-order valence-corrected chi connectivity index (χ4v) is 3.18. The zero-order chi connectivity index (χ0) is 19.2. The Hall–Kier alpha value is -2.89. The molecule has 0 atom stereocenters. The summed E-state index contributed by atoms with van der Waals surface area (Å²) in [4.78, 5) is 30.4. The molecule has 0 spiro atoms. The number of hydrogen-bond acceptors (Lipinski definition) is 4. The Labute approximate surface area is 159 Å². The molecule has 2 heterocycles. The fraction of sp³-hybridized carbons (Fsp3) is 0.381. The van der Waals surface area contributed by atoms with Gasteiger partial charge in [-0.15, -0.1) is 0 Å². The van der Waals surface area contributed by atoms with Crippen molar-refractivity contribution in [2.45, 2.75) is 32.7 Å². The Morgan fingerprint density at radius 2 is 1.85 bits per heavy atom. The van der Waals surface area contributed by atoms with E-state index >= 15 is 0 Å². The van der Waals surface area contributed by atoms with Crippen LogP contribution in [0.15, 0.2) is 42.7 Å². The summed E-state index contributed by atoms with van der Waals surface area (Å²) < 4.78 is 5.66. The van der Waals surface area contributed by atoms with Crippen LogP contribution >= 0.6 is 0 Å². The maximum atomic E-state index is 12.4. The molecular formula is C21H25N3O3. The number of amides is 2. The standard InChI is InChI=1S/C21H25N3O3/c1-15-3-4-16(2)19(13-15)27-14-20(25)23-18-7-11-24(12-8-18)21(26)17-5-9-22-10-6-17/h3-6,9-10,13,18H,7-8,11-12,14H2,1-2H3,(H,23,25). The van der Waals surface area contributed by atoms with E-state index in [1.165, 1.54) is 0 Å². The van der Waals surface area contributed by atoms with E-state index in [4.69, 9.17) is 4.74 Å². The maximum Gasteiger partial charge on any atom is 0.258 e. The normalized spacial score (nSPS) is 14.7. The molecule has 0 unspecified atom stereocenters. The van der Waals surface area contributed by atoms with Gasteiger partial charge in [-0.2, -0.15) is 0 Å². The number of carbonyl (C=O) groups is 2. The lowest BCUT2D eigenvalue weighted by molar-refractivity contribution is -0.124. The fourth-order valence-electron chi connectivity index (χ4n) is 3.18. The zero-order valence-electron chi connectivity index (χ0n) is 15.8. The monoisotopic (exact) mass is 367 g/mol. The van der Waals surface area contributed by atoms with Crippen LogP contribution in [-0.4, -0.2) is 47.4 Å². The first-order valence-electron chi connectivity index (χ1n) is 9.21. The van der Waals surface area contributed by atoms with Crippen LogP contribution in [0.25, 0.3) is 0 Å². The number of aromatic nitrogens is 1. The number of nitrogens with one attached hydrogen (secondary N) is 1. The van der Waals surface area contributed by atoms with Gasteiger partial charge in [0.15, 0.2) is 6.61 Å². The van der Waals surface area contributed by atoms with Crippen LogP contribution in [0.4, 0.5) is 0 Å². The molecule has 1 saturated heterocycles. The molecule has 6 nitrogen and oxygen atoms in total. The third-order valence-corrected chi connectivity index (χ3v) is 4.78. The van der Waals surface area contributed by atoms with Crippen LogP contribution < -0.4 is 10.1 Å². The van der Waals surface area contributed by atoms with E-state index < -0.39 is 0 Å². The van der Waals surface area contributed by atoms with Gasteiger partial charge in [-0.25, -0.2) is 0 Å². The molecule has 0 aliphatic carbocycles. The number of likely N-dealkylation sites (tertiary alicyclic amines) is 1. The van der Waals surface area contributed by atoms with Gasteiger partial charge < -0.3 is 15.0 Å². The van der Waals surface area contributed by atoms with Gasteiger partial charge in [-0.3, -0.25) is 14.6 Å². The van der Waals surface area contributed by atoms with Gasteiger partial charge in [0.25, 0.3) is 11.8 Å². The van der Waals surface area contributed by atoms with E-state index in [9.17, 15) is 9.59 Å². The van der Waals surface area contributed by atoms with Crippen LogP contribution in [0.1, 0.15) is 34.3 Å². The Kier molecular flexibility index (Phi) is 6.06. The number of nitrogens with zero attached hydrogens (tertiary/aromatic N) is 2. The average Bonchev–Trinajstić information content (AvgIpc) is 2.69. The third kappa shape index (κ3) is 5.06. The summed E-state index contributed by atoms with van der Waals surface area (Å²) in [7, 11) is 0. The minimum Gasteiger partial charge on any atom is -0.483 e. The van der Waals surface area contributed by atoms with E-state index in [2.05, 4.69) is 10.3 Å². The first kappa shape index (κ1) is 18.9. The Morgan fingerprint density at radius 1 is 1.15 bits per heavy atom. The highest BCUT2D eigenvalue weighted by Crippen LogP contribution is 2.19. The lowest BCUT2D eigenvalue weighted by Gasteiger charge is -2.32. The number of aryl methyl sites for hydroxylation is 2.